The van der Waals surface area contributed by atoms with Crippen molar-refractivity contribution in [1.82, 2.24) is 0 Å². The fraction of sp³-hybridized carbons (Fsp3) is 1.00. The van der Waals surface area contributed by atoms with Gasteiger partial charge in [0.2, 0.25) is 0 Å². The lowest BCUT2D eigenvalue weighted by molar-refractivity contribution is -0.228. The summed E-state index contributed by atoms with van der Waals surface area (Å²) >= 11 is 0. The second-order valence-electron chi connectivity index (χ2n) is 3.47. The molecule has 0 aliphatic heterocycles. The Balaban J connectivity index is 4.59. The third kappa shape index (κ3) is 9.04. The molecule has 0 spiro atoms. The van der Waals surface area contributed by atoms with Gasteiger partial charge < -0.3 is 0 Å². The molecule has 0 aromatic carbocycles. The molecule has 0 radical (unpaired) electrons. The van der Waals surface area contributed by atoms with Crippen LogP contribution in [0.4, 0.5) is 43.9 Å². The van der Waals surface area contributed by atoms with Crippen molar-refractivity contribution in [3.63, 3.8) is 0 Å². The summed E-state index contributed by atoms with van der Waals surface area (Å²) in [5.74, 6) is -9.88. The second-order valence-corrected chi connectivity index (χ2v) is 3.47. The quantitative estimate of drug-likeness (QED) is 0.662. The van der Waals surface area contributed by atoms with Crippen molar-refractivity contribution < 1.29 is 43.9 Å². The smallest absolute Gasteiger partial charge is 0.206 e. The fourth-order valence-corrected chi connectivity index (χ4v) is 1.09. The lowest BCUT2D eigenvalue weighted by Gasteiger charge is -2.24. The predicted molar refractivity (Wildman–Crippen MR) is 35.9 cm³/mol. The van der Waals surface area contributed by atoms with Gasteiger partial charge in [0, 0.05) is 0 Å². The van der Waals surface area contributed by atoms with Gasteiger partial charge >= 0.3 is 12.4 Å². The first-order chi connectivity index (χ1) is 7.12. The monoisotopic (exact) mass is 280 g/mol. The van der Waals surface area contributed by atoms with Gasteiger partial charge in [0.15, 0.2) is 0 Å². The van der Waals surface area contributed by atoms with Gasteiger partial charge in [-0.1, -0.05) is 0 Å². The maximum absolute atomic E-state index is 12.4. The van der Waals surface area contributed by atoms with Crippen molar-refractivity contribution in [2.75, 3.05) is 0 Å². The fourth-order valence-electron chi connectivity index (χ4n) is 1.09. The molecule has 0 rings (SSSR count). The molecule has 0 heterocycles. The van der Waals surface area contributed by atoms with Crippen LogP contribution in [-0.2, 0) is 0 Å². The van der Waals surface area contributed by atoms with Crippen molar-refractivity contribution in [1.29, 1.82) is 0 Å². The van der Waals surface area contributed by atoms with Crippen LogP contribution >= 0.6 is 0 Å². The highest BCUT2D eigenvalue weighted by atomic mass is 19.4. The molecule has 17 heavy (non-hydrogen) atoms. The third-order valence-corrected chi connectivity index (χ3v) is 1.44. The molecule has 0 aromatic rings. The van der Waals surface area contributed by atoms with Crippen molar-refractivity contribution in [3.8, 4) is 0 Å². The molecule has 0 fully saturated rings. The van der Waals surface area contributed by atoms with Gasteiger partial charge in [-0.25, -0.2) is 17.6 Å². The first-order valence-corrected chi connectivity index (χ1v) is 4.01. The molecular formula is C7H6F10. The van der Waals surface area contributed by atoms with E-state index in [4.69, 9.17) is 0 Å². The average molecular weight is 280 g/mol. The number of hydrogen-bond acceptors (Lipinski definition) is 0. The second kappa shape index (κ2) is 4.52. The molecule has 0 unspecified atom stereocenters. The Morgan fingerprint density at radius 1 is 0.412 bits per heavy atom. The zero-order valence-electron chi connectivity index (χ0n) is 7.90. The summed E-state index contributed by atoms with van der Waals surface area (Å²) < 4.78 is 119. The molecular weight excluding hydrogens is 274 g/mol. The number of rotatable bonds is 4. The molecule has 0 bridgehead atoms. The van der Waals surface area contributed by atoms with E-state index in [1.54, 1.807) is 0 Å². The SMILES string of the molecule is FC(F)(F)CC(F)(F)CC(F)(F)CC(F)(F)F. The van der Waals surface area contributed by atoms with E-state index in [1.807, 2.05) is 0 Å². The van der Waals surface area contributed by atoms with Crippen LogP contribution < -0.4 is 0 Å². The lowest BCUT2D eigenvalue weighted by atomic mass is 10.0. The zero-order chi connectivity index (χ0) is 14.1. The molecule has 0 aliphatic rings. The Hall–Kier alpha value is -0.700. The molecule has 0 amide bonds. The summed E-state index contributed by atoms with van der Waals surface area (Å²) in [6.07, 6.45) is -19.4. The van der Waals surface area contributed by atoms with Crippen LogP contribution in [0.3, 0.4) is 0 Å². The highest BCUT2D eigenvalue weighted by molar-refractivity contribution is 4.81. The van der Waals surface area contributed by atoms with Crippen molar-refractivity contribution in [3.05, 3.63) is 0 Å². The predicted octanol–water partition coefficient (Wildman–Crippen LogP) is 4.55. The van der Waals surface area contributed by atoms with E-state index in [-0.39, 0.29) is 0 Å². The summed E-state index contributed by atoms with van der Waals surface area (Å²) in [5.41, 5.74) is 0. The Morgan fingerprint density at radius 3 is 0.824 bits per heavy atom. The van der Waals surface area contributed by atoms with E-state index in [0.29, 0.717) is 0 Å². The third-order valence-electron chi connectivity index (χ3n) is 1.44. The molecule has 0 nitrogen and oxygen atoms in total. The van der Waals surface area contributed by atoms with E-state index >= 15 is 0 Å². The zero-order valence-corrected chi connectivity index (χ0v) is 7.90. The van der Waals surface area contributed by atoms with Crippen LogP contribution in [0, 0.1) is 0 Å². The summed E-state index contributed by atoms with van der Waals surface area (Å²) in [5, 5.41) is 0. The average Bonchev–Trinajstić information content (AvgIpc) is 1.65. The van der Waals surface area contributed by atoms with Crippen LogP contribution in [0.2, 0.25) is 0 Å². The van der Waals surface area contributed by atoms with Gasteiger partial charge in [0.25, 0.3) is 11.8 Å². The molecule has 0 aliphatic carbocycles. The van der Waals surface area contributed by atoms with E-state index < -0.39 is 43.5 Å². The van der Waals surface area contributed by atoms with Gasteiger partial charge in [-0.05, 0) is 0 Å². The first kappa shape index (κ1) is 16.3. The van der Waals surface area contributed by atoms with E-state index in [0.717, 1.165) is 0 Å². The van der Waals surface area contributed by atoms with Gasteiger partial charge in [0.05, 0.1) is 6.42 Å². The summed E-state index contributed by atoms with van der Waals surface area (Å²) in [6.45, 7) is 0. The summed E-state index contributed by atoms with van der Waals surface area (Å²) in [7, 11) is 0. The van der Waals surface area contributed by atoms with Crippen LogP contribution in [0.1, 0.15) is 19.3 Å². The minimum absolute atomic E-state index is 2.79. The normalized spacial score (nSPS) is 15.2. The standard InChI is InChI=1S/C7H6F10/c8-4(9,2-6(12,13)14)1-5(10,11)3-7(15,16)17/h1-3H2. The Kier molecular flexibility index (Phi) is 4.34. The molecule has 0 N–H and O–H groups in total. The van der Waals surface area contributed by atoms with Gasteiger partial charge in [0.1, 0.15) is 12.8 Å². The highest BCUT2D eigenvalue weighted by Gasteiger charge is 2.53. The summed E-state index contributed by atoms with van der Waals surface area (Å²) in [6, 6.07) is 0. The van der Waals surface area contributed by atoms with Crippen molar-refractivity contribution in [2.45, 2.75) is 43.5 Å². The number of hydrogen-bond donors (Lipinski definition) is 0. The van der Waals surface area contributed by atoms with Crippen LogP contribution in [0.25, 0.3) is 0 Å². The van der Waals surface area contributed by atoms with Crippen LogP contribution in [0.15, 0.2) is 0 Å². The molecule has 0 aromatic heterocycles. The Labute approximate surface area is 88.6 Å². The Morgan fingerprint density at radius 2 is 0.647 bits per heavy atom. The van der Waals surface area contributed by atoms with Crippen LogP contribution in [-0.4, -0.2) is 24.2 Å². The number of alkyl halides is 10. The van der Waals surface area contributed by atoms with Crippen LogP contribution in [0.5, 0.6) is 0 Å². The molecule has 10 heteroatoms. The maximum Gasteiger partial charge on any atom is 0.394 e. The molecule has 0 saturated heterocycles. The molecule has 104 valence electrons. The minimum atomic E-state index is -5.43. The Bertz CT molecular complexity index is 220. The number of halogens is 10. The van der Waals surface area contributed by atoms with Gasteiger partial charge in [-0.15, -0.1) is 0 Å². The highest BCUT2D eigenvalue weighted by Crippen LogP contribution is 2.42. The maximum atomic E-state index is 12.4. The van der Waals surface area contributed by atoms with Crippen molar-refractivity contribution in [2.24, 2.45) is 0 Å². The van der Waals surface area contributed by atoms with E-state index in [2.05, 4.69) is 0 Å². The lowest BCUT2D eigenvalue weighted by Crippen LogP contribution is -2.36. The topological polar surface area (TPSA) is 0 Å². The van der Waals surface area contributed by atoms with E-state index in [9.17, 15) is 43.9 Å². The molecule has 0 atom stereocenters. The first-order valence-electron chi connectivity index (χ1n) is 4.01. The summed E-state index contributed by atoms with van der Waals surface area (Å²) in [4.78, 5) is 0. The largest absolute Gasteiger partial charge is 0.394 e. The van der Waals surface area contributed by atoms with Crippen molar-refractivity contribution >= 4 is 0 Å². The minimum Gasteiger partial charge on any atom is -0.206 e. The molecule has 0 saturated carbocycles. The van der Waals surface area contributed by atoms with Gasteiger partial charge in [-0.3, -0.25) is 0 Å². The van der Waals surface area contributed by atoms with E-state index in [1.165, 1.54) is 0 Å². The van der Waals surface area contributed by atoms with Gasteiger partial charge in [-0.2, -0.15) is 26.3 Å².